The lowest BCUT2D eigenvalue weighted by Gasteiger charge is -2.15. The minimum atomic E-state index is -0.363. The van der Waals surface area contributed by atoms with Crippen LogP contribution in [0.25, 0.3) is 21.9 Å². The van der Waals surface area contributed by atoms with Crippen LogP contribution in [0.3, 0.4) is 0 Å². The van der Waals surface area contributed by atoms with Gasteiger partial charge in [0.1, 0.15) is 23.8 Å². The molecule has 0 bridgehead atoms. The molecule has 0 aliphatic carbocycles. The first-order valence-electron chi connectivity index (χ1n) is 7.76. The number of carbonyl (C=O) groups excluding carboxylic acids is 1. The second-order valence-corrected chi connectivity index (χ2v) is 5.70. The normalized spacial score (nSPS) is 10.4. The predicted octanol–water partition coefficient (Wildman–Crippen LogP) is 3.06. The number of ether oxygens (including phenoxy) is 1. The lowest BCUT2D eigenvalue weighted by molar-refractivity contribution is -0.108. The van der Waals surface area contributed by atoms with Crippen LogP contribution in [0.4, 0.5) is 0 Å². The highest BCUT2D eigenvalue weighted by Crippen LogP contribution is 2.33. The highest BCUT2D eigenvalue weighted by molar-refractivity contribution is 5.99. The van der Waals surface area contributed by atoms with Crippen LogP contribution in [0.5, 0.6) is 5.75 Å². The van der Waals surface area contributed by atoms with Crippen LogP contribution in [0.1, 0.15) is 11.3 Å². The van der Waals surface area contributed by atoms with Crippen molar-refractivity contribution in [2.24, 2.45) is 0 Å². The van der Waals surface area contributed by atoms with E-state index in [1.807, 2.05) is 31.2 Å². The molecule has 0 saturated heterocycles. The average molecular weight is 332 g/mol. The summed E-state index contributed by atoms with van der Waals surface area (Å²) in [7, 11) is 1.55. The van der Waals surface area contributed by atoms with Gasteiger partial charge in [-0.2, -0.15) is 5.26 Å². The van der Waals surface area contributed by atoms with Gasteiger partial charge in [-0.3, -0.25) is 9.36 Å². The number of carbonyl (C=O) groups is 1. The third-order valence-electron chi connectivity index (χ3n) is 4.15. The molecule has 25 heavy (non-hydrogen) atoms. The number of pyridine rings is 1. The Morgan fingerprint density at radius 1 is 1.20 bits per heavy atom. The molecule has 0 aliphatic rings. The molecule has 0 aliphatic heterocycles. The zero-order valence-electron chi connectivity index (χ0n) is 13.9. The Labute approximate surface area is 144 Å². The van der Waals surface area contributed by atoms with Crippen molar-refractivity contribution in [2.45, 2.75) is 13.5 Å². The molecule has 0 unspecified atom stereocenters. The number of aldehydes is 1. The summed E-state index contributed by atoms with van der Waals surface area (Å²) in [5, 5.41) is 10.8. The van der Waals surface area contributed by atoms with Gasteiger partial charge in [0, 0.05) is 16.3 Å². The highest BCUT2D eigenvalue weighted by Gasteiger charge is 2.18. The maximum absolute atomic E-state index is 12.8. The number of nitriles is 1. The molecular weight excluding hydrogens is 316 g/mol. The fourth-order valence-corrected chi connectivity index (χ4v) is 3.01. The van der Waals surface area contributed by atoms with Gasteiger partial charge in [0.25, 0.3) is 5.56 Å². The van der Waals surface area contributed by atoms with Crippen LogP contribution in [0, 0.1) is 18.3 Å². The minimum absolute atomic E-state index is 0.164. The van der Waals surface area contributed by atoms with E-state index < -0.39 is 0 Å². The summed E-state index contributed by atoms with van der Waals surface area (Å²) < 4.78 is 6.50. The monoisotopic (exact) mass is 332 g/mol. The van der Waals surface area contributed by atoms with Crippen molar-refractivity contribution in [3.8, 4) is 22.9 Å². The fourth-order valence-electron chi connectivity index (χ4n) is 3.01. The predicted molar refractivity (Wildman–Crippen MR) is 95.7 cm³/mol. The summed E-state index contributed by atoms with van der Waals surface area (Å²) in [4.78, 5) is 23.8. The van der Waals surface area contributed by atoms with E-state index in [-0.39, 0.29) is 17.8 Å². The Morgan fingerprint density at radius 2 is 2.00 bits per heavy atom. The molecule has 0 radical (unpaired) electrons. The van der Waals surface area contributed by atoms with Crippen molar-refractivity contribution >= 4 is 17.1 Å². The van der Waals surface area contributed by atoms with E-state index in [0.29, 0.717) is 28.4 Å². The topological polar surface area (TPSA) is 72.1 Å². The Kier molecular flexibility index (Phi) is 4.36. The second-order valence-electron chi connectivity index (χ2n) is 5.70. The molecule has 0 atom stereocenters. The Hall–Kier alpha value is -3.39. The SMILES string of the molecule is COc1ccc2c(=O)n(CC=O)c(C#N)c(-c3cccc(C)c3)c2c1. The molecule has 5 heteroatoms. The summed E-state index contributed by atoms with van der Waals surface area (Å²) in [6, 6.07) is 14.9. The van der Waals surface area contributed by atoms with Crippen LogP contribution in [0.15, 0.2) is 47.3 Å². The second kappa shape index (κ2) is 6.62. The van der Waals surface area contributed by atoms with Crippen molar-refractivity contribution in [3.05, 3.63) is 64.1 Å². The van der Waals surface area contributed by atoms with E-state index in [0.717, 1.165) is 11.1 Å². The summed E-state index contributed by atoms with van der Waals surface area (Å²) in [6.07, 6.45) is 0.623. The van der Waals surface area contributed by atoms with Crippen LogP contribution in [-0.4, -0.2) is 18.0 Å². The number of nitrogens with zero attached hydrogens (tertiary/aromatic N) is 2. The van der Waals surface area contributed by atoms with Crippen molar-refractivity contribution in [1.29, 1.82) is 5.26 Å². The van der Waals surface area contributed by atoms with Gasteiger partial charge < -0.3 is 9.53 Å². The quantitative estimate of drug-likeness (QED) is 0.688. The molecule has 3 rings (SSSR count). The average Bonchev–Trinajstić information content (AvgIpc) is 2.63. The number of aromatic nitrogens is 1. The van der Waals surface area contributed by atoms with Gasteiger partial charge in [0.2, 0.25) is 0 Å². The number of fused-ring (bicyclic) bond motifs is 1. The minimum Gasteiger partial charge on any atom is -0.497 e. The van der Waals surface area contributed by atoms with Crippen LogP contribution in [-0.2, 0) is 11.3 Å². The maximum Gasteiger partial charge on any atom is 0.259 e. The van der Waals surface area contributed by atoms with E-state index >= 15 is 0 Å². The standard InChI is InChI=1S/C20H16N2O3/c1-13-4-3-5-14(10-13)19-17-11-15(25-2)6-7-16(17)20(24)22(8-9-23)18(19)12-21/h3-7,9-11H,8H2,1-2H3. The smallest absolute Gasteiger partial charge is 0.259 e. The zero-order valence-corrected chi connectivity index (χ0v) is 13.9. The van der Waals surface area contributed by atoms with Gasteiger partial charge >= 0.3 is 0 Å². The molecule has 1 aromatic heterocycles. The molecule has 124 valence electrons. The van der Waals surface area contributed by atoms with Crippen molar-refractivity contribution in [2.75, 3.05) is 7.11 Å². The third-order valence-corrected chi connectivity index (χ3v) is 4.15. The zero-order chi connectivity index (χ0) is 18.0. The number of aryl methyl sites for hydroxylation is 1. The highest BCUT2D eigenvalue weighted by atomic mass is 16.5. The molecule has 0 amide bonds. The molecule has 0 fully saturated rings. The van der Waals surface area contributed by atoms with Crippen LogP contribution >= 0.6 is 0 Å². The van der Waals surface area contributed by atoms with Crippen molar-refractivity contribution < 1.29 is 9.53 Å². The number of methoxy groups -OCH3 is 1. The van der Waals surface area contributed by atoms with E-state index in [2.05, 4.69) is 6.07 Å². The summed E-state index contributed by atoms with van der Waals surface area (Å²) >= 11 is 0. The molecule has 0 saturated carbocycles. The van der Waals surface area contributed by atoms with E-state index in [1.54, 1.807) is 25.3 Å². The fraction of sp³-hybridized carbons (Fsp3) is 0.150. The molecule has 3 aromatic rings. The van der Waals surface area contributed by atoms with Gasteiger partial charge in [0.05, 0.1) is 13.7 Å². The van der Waals surface area contributed by atoms with E-state index in [1.165, 1.54) is 4.57 Å². The number of rotatable bonds is 4. The van der Waals surface area contributed by atoms with Gasteiger partial charge in [-0.05, 0) is 30.7 Å². The summed E-state index contributed by atoms with van der Waals surface area (Å²) in [5.41, 5.74) is 2.28. The lowest BCUT2D eigenvalue weighted by atomic mass is 9.95. The van der Waals surface area contributed by atoms with Gasteiger partial charge in [-0.25, -0.2) is 0 Å². The number of hydrogen-bond donors (Lipinski definition) is 0. The maximum atomic E-state index is 12.8. The first-order valence-corrected chi connectivity index (χ1v) is 7.76. The van der Waals surface area contributed by atoms with Crippen molar-refractivity contribution in [1.82, 2.24) is 4.57 Å². The molecule has 1 heterocycles. The van der Waals surface area contributed by atoms with Crippen LogP contribution in [0.2, 0.25) is 0 Å². The van der Waals surface area contributed by atoms with Gasteiger partial charge in [-0.1, -0.05) is 29.8 Å². The third kappa shape index (κ3) is 2.79. The Bertz CT molecular complexity index is 1070. The largest absolute Gasteiger partial charge is 0.497 e. The lowest BCUT2D eigenvalue weighted by Crippen LogP contribution is -2.24. The van der Waals surface area contributed by atoms with Crippen molar-refractivity contribution in [3.63, 3.8) is 0 Å². The summed E-state index contributed by atoms with van der Waals surface area (Å²) in [6.45, 7) is 1.79. The van der Waals surface area contributed by atoms with E-state index in [4.69, 9.17) is 4.74 Å². The molecule has 2 aromatic carbocycles. The summed E-state index contributed by atoms with van der Waals surface area (Å²) in [5.74, 6) is 0.595. The number of hydrogen-bond acceptors (Lipinski definition) is 4. The Balaban J connectivity index is 2.54. The molecular formula is C20H16N2O3. The molecule has 5 nitrogen and oxygen atoms in total. The van der Waals surface area contributed by atoms with Gasteiger partial charge in [-0.15, -0.1) is 0 Å². The van der Waals surface area contributed by atoms with Gasteiger partial charge in [0.15, 0.2) is 0 Å². The molecule has 0 spiro atoms. The van der Waals surface area contributed by atoms with E-state index in [9.17, 15) is 14.9 Å². The van der Waals surface area contributed by atoms with Crippen LogP contribution < -0.4 is 10.3 Å². The first kappa shape index (κ1) is 16.5. The number of benzene rings is 2. The molecule has 0 N–H and O–H groups in total. The Morgan fingerprint density at radius 3 is 2.64 bits per heavy atom. The first-order chi connectivity index (χ1) is 12.1.